The molecule has 158 valence electrons. The highest BCUT2D eigenvalue weighted by molar-refractivity contribution is 8.00. The third-order valence-electron chi connectivity index (χ3n) is 4.66. The molecule has 3 rings (SSSR count). The standard InChI is InChI=1S/C21H25N5O3S/c1-12-7-9-14(10-8-12)19(28)24-17-18(22)25-21(26-20(17)29)30-11-16(27)23-15-6-4-3-5-13(15)2/h3-10,17-18,21,25H,11,22H2,1-2H3,(H,23,27)(H,24,28)(H,26,29). The van der Waals surface area contributed by atoms with Crippen LogP contribution in [0.3, 0.4) is 0 Å². The maximum absolute atomic E-state index is 12.5. The first-order chi connectivity index (χ1) is 14.3. The van der Waals surface area contributed by atoms with Crippen molar-refractivity contribution >= 4 is 35.2 Å². The summed E-state index contributed by atoms with van der Waals surface area (Å²) in [5.41, 5.74) is 8.72. The highest BCUT2D eigenvalue weighted by Gasteiger charge is 2.35. The predicted molar refractivity (Wildman–Crippen MR) is 118 cm³/mol. The molecule has 0 bridgehead atoms. The second kappa shape index (κ2) is 9.75. The molecule has 3 unspecified atom stereocenters. The van der Waals surface area contributed by atoms with Gasteiger partial charge in [-0.05, 0) is 37.6 Å². The van der Waals surface area contributed by atoms with E-state index in [1.807, 2.05) is 50.2 Å². The first kappa shape index (κ1) is 21.8. The van der Waals surface area contributed by atoms with Gasteiger partial charge in [-0.2, -0.15) is 0 Å². The Morgan fingerprint density at radius 2 is 1.80 bits per heavy atom. The fourth-order valence-electron chi connectivity index (χ4n) is 2.93. The van der Waals surface area contributed by atoms with Gasteiger partial charge in [0.2, 0.25) is 11.8 Å². The van der Waals surface area contributed by atoms with E-state index in [1.54, 1.807) is 12.1 Å². The SMILES string of the molecule is Cc1ccc(C(=O)NC2C(=O)NC(SCC(=O)Nc3ccccc3C)NC2N)cc1. The van der Waals surface area contributed by atoms with Crippen LogP contribution in [0.1, 0.15) is 21.5 Å². The van der Waals surface area contributed by atoms with Gasteiger partial charge in [-0.15, -0.1) is 11.8 Å². The van der Waals surface area contributed by atoms with Gasteiger partial charge < -0.3 is 21.7 Å². The van der Waals surface area contributed by atoms with Gasteiger partial charge in [0.05, 0.1) is 11.9 Å². The summed E-state index contributed by atoms with van der Waals surface area (Å²) >= 11 is 1.21. The Labute approximate surface area is 179 Å². The average molecular weight is 428 g/mol. The van der Waals surface area contributed by atoms with E-state index in [0.717, 1.165) is 16.8 Å². The molecule has 9 heteroatoms. The predicted octanol–water partition coefficient (Wildman–Crippen LogP) is 1.06. The number of thioether (sulfide) groups is 1. The van der Waals surface area contributed by atoms with Crippen molar-refractivity contribution in [3.8, 4) is 0 Å². The van der Waals surface area contributed by atoms with Gasteiger partial charge in [-0.3, -0.25) is 19.7 Å². The lowest BCUT2D eigenvalue weighted by molar-refractivity contribution is -0.125. The van der Waals surface area contributed by atoms with Crippen molar-refractivity contribution in [3.63, 3.8) is 0 Å². The van der Waals surface area contributed by atoms with Crippen molar-refractivity contribution in [2.45, 2.75) is 31.6 Å². The quantitative estimate of drug-likeness (QED) is 0.469. The lowest BCUT2D eigenvalue weighted by Crippen LogP contribution is -2.70. The van der Waals surface area contributed by atoms with Crippen LogP contribution < -0.4 is 27.0 Å². The number of rotatable bonds is 6. The van der Waals surface area contributed by atoms with Crippen molar-refractivity contribution in [3.05, 3.63) is 65.2 Å². The average Bonchev–Trinajstić information content (AvgIpc) is 2.71. The molecule has 1 fully saturated rings. The molecule has 1 heterocycles. The van der Waals surface area contributed by atoms with E-state index in [2.05, 4.69) is 21.3 Å². The van der Waals surface area contributed by atoms with Gasteiger partial charge >= 0.3 is 0 Å². The fourth-order valence-corrected chi connectivity index (χ4v) is 3.77. The molecule has 3 amide bonds. The topological polar surface area (TPSA) is 125 Å². The van der Waals surface area contributed by atoms with Gasteiger partial charge in [0.15, 0.2) is 0 Å². The van der Waals surface area contributed by atoms with Crippen LogP contribution in [0.25, 0.3) is 0 Å². The number of hydrogen-bond acceptors (Lipinski definition) is 6. The van der Waals surface area contributed by atoms with Crippen molar-refractivity contribution in [1.29, 1.82) is 0 Å². The number of para-hydroxylation sites is 1. The number of nitrogens with one attached hydrogen (secondary N) is 4. The zero-order valence-corrected chi connectivity index (χ0v) is 17.6. The number of carbonyl (C=O) groups is 3. The number of aryl methyl sites for hydroxylation is 2. The molecule has 3 atom stereocenters. The van der Waals surface area contributed by atoms with Gasteiger partial charge in [-0.1, -0.05) is 35.9 Å². The smallest absolute Gasteiger partial charge is 0.252 e. The summed E-state index contributed by atoms with van der Waals surface area (Å²) in [6, 6.07) is 13.6. The minimum absolute atomic E-state index is 0.124. The van der Waals surface area contributed by atoms with Crippen molar-refractivity contribution in [2.24, 2.45) is 5.73 Å². The van der Waals surface area contributed by atoms with E-state index in [4.69, 9.17) is 5.73 Å². The Morgan fingerprint density at radius 1 is 1.10 bits per heavy atom. The van der Waals surface area contributed by atoms with E-state index >= 15 is 0 Å². The van der Waals surface area contributed by atoms with Crippen LogP contribution in [0, 0.1) is 13.8 Å². The van der Waals surface area contributed by atoms with Crippen LogP contribution in [0.4, 0.5) is 5.69 Å². The lowest BCUT2D eigenvalue weighted by Gasteiger charge is -2.35. The van der Waals surface area contributed by atoms with Crippen LogP contribution >= 0.6 is 11.8 Å². The summed E-state index contributed by atoms with van der Waals surface area (Å²) in [5.74, 6) is -0.845. The zero-order chi connectivity index (χ0) is 21.7. The molecule has 2 aromatic carbocycles. The highest BCUT2D eigenvalue weighted by Crippen LogP contribution is 2.16. The van der Waals surface area contributed by atoms with Crippen LogP contribution in [-0.4, -0.2) is 41.2 Å². The Bertz CT molecular complexity index is 934. The van der Waals surface area contributed by atoms with E-state index in [9.17, 15) is 14.4 Å². The number of benzene rings is 2. The molecular weight excluding hydrogens is 402 g/mol. The minimum atomic E-state index is -0.920. The Balaban J connectivity index is 1.50. The molecule has 1 saturated heterocycles. The normalized spacial score (nSPS) is 20.9. The molecule has 6 N–H and O–H groups in total. The van der Waals surface area contributed by atoms with Crippen LogP contribution in [-0.2, 0) is 9.59 Å². The van der Waals surface area contributed by atoms with E-state index in [0.29, 0.717) is 5.56 Å². The first-order valence-corrected chi connectivity index (χ1v) is 10.5. The largest absolute Gasteiger partial charge is 0.338 e. The fraction of sp³-hybridized carbons (Fsp3) is 0.286. The Hall–Kier alpha value is -2.88. The maximum atomic E-state index is 12.5. The molecule has 0 aliphatic carbocycles. The van der Waals surface area contributed by atoms with Crippen molar-refractivity contribution < 1.29 is 14.4 Å². The number of carbonyl (C=O) groups excluding carboxylic acids is 3. The zero-order valence-electron chi connectivity index (χ0n) is 16.8. The lowest BCUT2D eigenvalue weighted by atomic mass is 10.1. The third kappa shape index (κ3) is 5.59. The summed E-state index contributed by atoms with van der Waals surface area (Å²) in [4.78, 5) is 37.0. The third-order valence-corrected chi connectivity index (χ3v) is 5.68. The van der Waals surface area contributed by atoms with Gasteiger partial charge in [0.25, 0.3) is 5.91 Å². The first-order valence-electron chi connectivity index (χ1n) is 9.50. The summed E-state index contributed by atoms with van der Waals surface area (Å²) in [7, 11) is 0. The van der Waals surface area contributed by atoms with Crippen molar-refractivity contribution in [2.75, 3.05) is 11.1 Å². The number of anilines is 1. The molecule has 0 saturated carbocycles. The summed E-state index contributed by atoms with van der Waals surface area (Å²) in [6.07, 6.45) is -0.787. The highest BCUT2D eigenvalue weighted by atomic mass is 32.2. The number of amides is 3. The maximum Gasteiger partial charge on any atom is 0.252 e. The summed E-state index contributed by atoms with van der Waals surface area (Å²) < 4.78 is 0. The van der Waals surface area contributed by atoms with Gasteiger partial charge in [-0.25, -0.2) is 0 Å². The van der Waals surface area contributed by atoms with E-state index in [-0.39, 0.29) is 17.6 Å². The molecule has 0 spiro atoms. The molecule has 0 aromatic heterocycles. The van der Waals surface area contributed by atoms with Crippen molar-refractivity contribution in [1.82, 2.24) is 16.0 Å². The van der Waals surface area contributed by atoms with E-state index in [1.165, 1.54) is 11.8 Å². The molecule has 1 aliphatic heterocycles. The second-order valence-corrected chi connectivity index (χ2v) is 8.17. The van der Waals surface area contributed by atoms with Crippen LogP contribution in [0.5, 0.6) is 0 Å². The molecule has 1 aliphatic rings. The van der Waals surface area contributed by atoms with Crippen LogP contribution in [0.15, 0.2) is 48.5 Å². The molecular formula is C21H25N5O3S. The molecule has 8 nitrogen and oxygen atoms in total. The minimum Gasteiger partial charge on any atom is -0.338 e. The monoisotopic (exact) mass is 427 g/mol. The van der Waals surface area contributed by atoms with Crippen LogP contribution in [0.2, 0.25) is 0 Å². The molecule has 30 heavy (non-hydrogen) atoms. The molecule has 0 radical (unpaired) electrons. The van der Waals surface area contributed by atoms with Gasteiger partial charge in [0, 0.05) is 11.3 Å². The van der Waals surface area contributed by atoms with E-state index < -0.39 is 23.6 Å². The Morgan fingerprint density at radius 3 is 2.47 bits per heavy atom. The number of hydrogen-bond donors (Lipinski definition) is 5. The molecule has 2 aromatic rings. The second-order valence-electron chi connectivity index (χ2n) is 7.07. The van der Waals surface area contributed by atoms with Gasteiger partial charge in [0.1, 0.15) is 11.5 Å². The summed E-state index contributed by atoms with van der Waals surface area (Å²) in [6.45, 7) is 3.84. The number of nitrogens with two attached hydrogens (primary N) is 1. The Kier molecular flexibility index (Phi) is 7.09. The summed E-state index contributed by atoms with van der Waals surface area (Å²) in [5, 5.41) is 11.2.